The van der Waals surface area contributed by atoms with Crippen LogP contribution in [0.4, 0.5) is 9.52 Å². The fraction of sp³-hybridized carbons (Fsp3) is 0.240. The lowest BCUT2D eigenvalue weighted by Gasteiger charge is -2.32. The van der Waals surface area contributed by atoms with Crippen molar-refractivity contribution in [2.75, 3.05) is 17.8 Å². The smallest absolute Gasteiger partial charge is 0.263 e. The summed E-state index contributed by atoms with van der Waals surface area (Å²) in [6.07, 6.45) is 3.02. The first-order valence-electron chi connectivity index (χ1n) is 11.4. The number of carbonyl (C=O) groups excluding carboxylic acids is 1. The second-order valence-electron chi connectivity index (χ2n) is 8.55. The Morgan fingerprint density at radius 2 is 1.81 bits per heavy atom. The van der Waals surface area contributed by atoms with Crippen LogP contribution in [0.1, 0.15) is 40.4 Å². The molecular formula is C25H23FN4O4S2. The summed E-state index contributed by atoms with van der Waals surface area (Å²) in [4.78, 5) is 19.3. The minimum absolute atomic E-state index is 0.166. The highest BCUT2D eigenvalue weighted by Gasteiger charge is 2.30. The van der Waals surface area contributed by atoms with Gasteiger partial charge in [0, 0.05) is 30.2 Å². The third-order valence-corrected chi connectivity index (χ3v) is 8.46. The van der Waals surface area contributed by atoms with Gasteiger partial charge in [0.2, 0.25) is 0 Å². The molecule has 1 fully saturated rings. The SMILES string of the molecule is Cc1onc(-c2ccc(F)cc2)c1C(=O)N1CCC(c2ccc(S(=O)(=O)Nc3nccs3)cc2)CC1. The van der Waals surface area contributed by atoms with Gasteiger partial charge in [-0.05, 0) is 67.6 Å². The van der Waals surface area contributed by atoms with Crippen LogP contribution < -0.4 is 4.72 Å². The zero-order valence-corrected chi connectivity index (χ0v) is 21.0. The minimum atomic E-state index is -3.70. The molecule has 1 N–H and O–H groups in total. The van der Waals surface area contributed by atoms with Crippen molar-refractivity contribution in [1.29, 1.82) is 0 Å². The molecule has 1 saturated heterocycles. The number of aryl methyl sites for hydroxylation is 1. The molecule has 11 heteroatoms. The van der Waals surface area contributed by atoms with Gasteiger partial charge in [-0.3, -0.25) is 9.52 Å². The van der Waals surface area contributed by atoms with E-state index in [0.29, 0.717) is 40.8 Å². The molecule has 36 heavy (non-hydrogen) atoms. The maximum atomic E-state index is 13.3. The largest absolute Gasteiger partial charge is 0.360 e. The molecular weight excluding hydrogens is 503 g/mol. The highest BCUT2D eigenvalue weighted by atomic mass is 32.2. The molecule has 1 amide bonds. The number of rotatable bonds is 6. The van der Waals surface area contributed by atoms with Crippen molar-refractivity contribution in [3.8, 4) is 11.3 Å². The maximum absolute atomic E-state index is 13.3. The van der Waals surface area contributed by atoms with Crippen LogP contribution in [0.25, 0.3) is 11.3 Å². The van der Waals surface area contributed by atoms with E-state index >= 15 is 0 Å². The normalized spacial score (nSPS) is 14.7. The molecule has 0 aliphatic carbocycles. The fourth-order valence-corrected chi connectivity index (χ4v) is 6.16. The van der Waals surface area contributed by atoms with Crippen molar-refractivity contribution in [3.05, 3.63) is 82.8 Å². The Bertz CT molecular complexity index is 1460. The highest BCUT2D eigenvalue weighted by molar-refractivity contribution is 7.93. The summed E-state index contributed by atoms with van der Waals surface area (Å²) in [6.45, 7) is 2.78. The topological polar surface area (TPSA) is 105 Å². The Balaban J connectivity index is 1.25. The van der Waals surface area contributed by atoms with Crippen LogP contribution in [0, 0.1) is 12.7 Å². The van der Waals surface area contributed by atoms with Gasteiger partial charge in [-0.2, -0.15) is 0 Å². The Morgan fingerprint density at radius 3 is 2.44 bits per heavy atom. The number of anilines is 1. The van der Waals surface area contributed by atoms with Crippen molar-refractivity contribution in [2.45, 2.75) is 30.6 Å². The van der Waals surface area contributed by atoms with E-state index in [1.54, 1.807) is 41.5 Å². The zero-order valence-electron chi connectivity index (χ0n) is 19.3. The number of aromatic nitrogens is 2. The molecule has 186 valence electrons. The van der Waals surface area contributed by atoms with E-state index in [1.165, 1.54) is 29.7 Å². The van der Waals surface area contributed by atoms with Gasteiger partial charge in [0.1, 0.15) is 22.8 Å². The van der Waals surface area contributed by atoms with Gasteiger partial charge in [0.05, 0.1) is 4.90 Å². The summed E-state index contributed by atoms with van der Waals surface area (Å²) in [5, 5.41) is 6.06. The predicted octanol–water partition coefficient (Wildman–Crippen LogP) is 5.07. The molecule has 2 aromatic carbocycles. The number of halogens is 1. The number of piperidine rings is 1. The average Bonchev–Trinajstić information content (AvgIpc) is 3.53. The van der Waals surface area contributed by atoms with Crippen LogP contribution in [0.2, 0.25) is 0 Å². The molecule has 0 saturated carbocycles. The molecule has 8 nitrogen and oxygen atoms in total. The summed E-state index contributed by atoms with van der Waals surface area (Å²) in [5.41, 5.74) is 2.44. The quantitative estimate of drug-likeness (QED) is 0.376. The number of nitrogens with one attached hydrogen (secondary N) is 1. The molecule has 0 unspecified atom stereocenters. The van der Waals surface area contributed by atoms with E-state index in [4.69, 9.17) is 4.52 Å². The first-order valence-corrected chi connectivity index (χ1v) is 13.7. The molecule has 0 atom stereocenters. The minimum Gasteiger partial charge on any atom is -0.360 e. The van der Waals surface area contributed by atoms with Crippen molar-refractivity contribution in [2.24, 2.45) is 0 Å². The van der Waals surface area contributed by atoms with Crippen molar-refractivity contribution in [1.82, 2.24) is 15.0 Å². The van der Waals surface area contributed by atoms with Gasteiger partial charge in [-0.25, -0.2) is 17.8 Å². The number of amides is 1. The number of likely N-dealkylation sites (tertiary alicyclic amines) is 1. The molecule has 0 spiro atoms. The molecule has 2 aromatic heterocycles. The average molecular weight is 527 g/mol. The van der Waals surface area contributed by atoms with Crippen molar-refractivity contribution in [3.63, 3.8) is 0 Å². The van der Waals surface area contributed by atoms with Gasteiger partial charge < -0.3 is 9.42 Å². The van der Waals surface area contributed by atoms with Gasteiger partial charge in [0.25, 0.3) is 15.9 Å². The third-order valence-electron chi connectivity index (χ3n) is 6.29. The lowest BCUT2D eigenvalue weighted by molar-refractivity contribution is 0.0712. The Labute approximate surface area is 211 Å². The first-order chi connectivity index (χ1) is 17.3. The van der Waals surface area contributed by atoms with Gasteiger partial charge in [-0.15, -0.1) is 11.3 Å². The second-order valence-corrected chi connectivity index (χ2v) is 11.1. The Hall–Kier alpha value is -3.57. The van der Waals surface area contributed by atoms with Crippen molar-refractivity contribution < 1.29 is 22.1 Å². The molecule has 5 rings (SSSR count). The molecule has 0 radical (unpaired) electrons. The number of nitrogens with zero attached hydrogens (tertiary/aromatic N) is 3. The number of hydrogen-bond acceptors (Lipinski definition) is 7. The van der Waals surface area contributed by atoms with Gasteiger partial charge >= 0.3 is 0 Å². The number of hydrogen-bond donors (Lipinski definition) is 1. The first kappa shape index (κ1) is 24.1. The molecule has 0 bridgehead atoms. The second kappa shape index (κ2) is 9.82. The molecule has 1 aliphatic heterocycles. The van der Waals surface area contributed by atoms with Gasteiger partial charge in [-0.1, -0.05) is 17.3 Å². The number of carbonyl (C=O) groups is 1. The summed E-state index contributed by atoms with van der Waals surface area (Å²) in [6, 6.07) is 12.6. The third kappa shape index (κ3) is 4.89. The summed E-state index contributed by atoms with van der Waals surface area (Å²) >= 11 is 1.21. The van der Waals surface area contributed by atoms with Crippen LogP contribution in [-0.2, 0) is 10.0 Å². The van der Waals surface area contributed by atoms with Gasteiger partial charge in [0.15, 0.2) is 5.13 Å². The summed E-state index contributed by atoms with van der Waals surface area (Å²) in [7, 11) is -3.70. The molecule has 1 aliphatic rings. The standard InChI is InChI=1S/C25H23FN4O4S2/c1-16-22(23(28-34-16)19-2-6-20(26)7-3-19)24(31)30-13-10-18(11-14-30)17-4-8-21(9-5-17)36(32,33)29-25-27-12-15-35-25/h2-9,12,15,18H,10-11,13-14H2,1H3,(H,27,29). The highest BCUT2D eigenvalue weighted by Crippen LogP contribution is 2.32. The monoisotopic (exact) mass is 526 g/mol. The predicted molar refractivity (Wildman–Crippen MR) is 134 cm³/mol. The van der Waals surface area contributed by atoms with E-state index in [2.05, 4.69) is 14.9 Å². The van der Waals surface area contributed by atoms with E-state index in [0.717, 1.165) is 18.4 Å². The summed E-state index contributed by atoms with van der Waals surface area (Å²) in [5.74, 6) is 0.0963. The van der Waals surface area contributed by atoms with Crippen LogP contribution in [0.5, 0.6) is 0 Å². The van der Waals surface area contributed by atoms with E-state index in [9.17, 15) is 17.6 Å². The Morgan fingerprint density at radius 1 is 1.11 bits per heavy atom. The number of sulfonamides is 1. The molecule has 3 heterocycles. The zero-order chi connectivity index (χ0) is 25.3. The van der Waals surface area contributed by atoms with Crippen LogP contribution >= 0.6 is 11.3 Å². The van der Waals surface area contributed by atoms with Crippen LogP contribution in [0.3, 0.4) is 0 Å². The lowest BCUT2D eigenvalue weighted by Crippen LogP contribution is -2.38. The summed E-state index contributed by atoms with van der Waals surface area (Å²) < 4.78 is 46.3. The van der Waals surface area contributed by atoms with Crippen LogP contribution in [0.15, 0.2) is 69.5 Å². The Kier molecular flexibility index (Phi) is 6.59. The maximum Gasteiger partial charge on any atom is 0.263 e. The van der Waals surface area contributed by atoms with Crippen molar-refractivity contribution >= 4 is 32.4 Å². The van der Waals surface area contributed by atoms with E-state index < -0.39 is 10.0 Å². The number of thiazole rings is 1. The number of benzene rings is 2. The lowest BCUT2D eigenvalue weighted by atomic mass is 9.89. The van der Waals surface area contributed by atoms with E-state index in [1.807, 2.05) is 12.1 Å². The fourth-order valence-electron chi connectivity index (χ4n) is 4.37. The molecule has 4 aromatic rings. The van der Waals surface area contributed by atoms with Crippen LogP contribution in [-0.4, -0.2) is 42.5 Å². The van der Waals surface area contributed by atoms with E-state index in [-0.39, 0.29) is 22.5 Å².